The van der Waals surface area contributed by atoms with Crippen LogP contribution in [0.4, 0.5) is 19.1 Å². The highest BCUT2D eigenvalue weighted by molar-refractivity contribution is 5.85. The highest BCUT2D eigenvalue weighted by Crippen LogP contribution is 2.31. The molecule has 1 aliphatic carbocycles. The summed E-state index contributed by atoms with van der Waals surface area (Å²) in [4.78, 5) is 22.4. The molecule has 3 rings (SSSR count). The van der Waals surface area contributed by atoms with Crippen molar-refractivity contribution in [2.45, 2.75) is 38.4 Å². The number of carbonyl (C=O) groups is 1. The fourth-order valence-corrected chi connectivity index (χ4v) is 3.35. The fraction of sp³-hybridized carbons (Fsp3) is 0.429. The molecule has 0 saturated heterocycles. The zero-order valence-electron chi connectivity index (χ0n) is 16.6. The largest absolute Gasteiger partial charge is 0.417 e. The summed E-state index contributed by atoms with van der Waals surface area (Å²) < 4.78 is 39.7. The Kier molecular flexibility index (Phi) is 6.67. The molecular formula is C21H24F3N5O. The maximum atomic E-state index is 13.3. The number of alkyl halides is 3. The van der Waals surface area contributed by atoms with Gasteiger partial charge in [-0.15, -0.1) is 0 Å². The molecule has 1 amide bonds. The van der Waals surface area contributed by atoms with E-state index in [1.54, 1.807) is 0 Å². The van der Waals surface area contributed by atoms with Crippen LogP contribution in [0.1, 0.15) is 48.3 Å². The summed E-state index contributed by atoms with van der Waals surface area (Å²) in [5, 5.41) is 2.98. The van der Waals surface area contributed by atoms with Gasteiger partial charge in [0.05, 0.1) is 17.0 Å². The van der Waals surface area contributed by atoms with Crippen molar-refractivity contribution in [2.24, 2.45) is 5.73 Å². The zero-order valence-corrected chi connectivity index (χ0v) is 16.6. The molecule has 0 spiro atoms. The first-order valence-corrected chi connectivity index (χ1v) is 9.84. The summed E-state index contributed by atoms with van der Waals surface area (Å²) in [7, 11) is 0. The molecule has 0 radical (unpaired) electrons. The van der Waals surface area contributed by atoms with Crippen LogP contribution in [0.5, 0.6) is 0 Å². The third-order valence-corrected chi connectivity index (χ3v) is 4.77. The van der Waals surface area contributed by atoms with E-state index in [2.05, 4.69) is 27.4 Å². The molecule has 30 heavy (non-hydrogen) atoms. The minimum Gasteiger partial charge on any atom is -0.340 e. The molecule has 0 fully saturated rings. The summed E-state index contributed by atoms with van der Waals surface area (Å²) in [6, 6.07) is 5.66. The number of imidazole rings is 1. The van der Waals surface area contributed by atoms with Crippen molar-refractivity contribution in [3.63, 3.8) is 0 Å². The standard InChI is InChI=1S/C21H24F3N5O/c1-2-11-29(12-10-25)19(30)18(14-6-5-7-15(13-14)21(22,23)24)28-20-26-16-8-3-4-9-17(16)27-20/h3,7-8,13,18H,2,4,9-12,25H2,1H3,(H2,26,27,28). The zero-order chi connectivity index (χ0) is 21.7. The van der Waals surface area contributed by atoms with E-state index in [1.807, 2.05) is 19.1 Å². The van der Waals surface area contributed by atoms with Gasteiger partial charge >= 0.3 is 6.18 Å². The van der Waals surface area contributed by atoms with E-state index in [4.69, 9.17) is 5.73 Å². The first kappa shape index (κ1) is 21.7. The minimum atomic E-state index is -4.55. The van der Waals surface area contributed by atoms with Gasteiger partial charge in [0.2, 0.25) is 5.95 Å². The number of rotatable bonds is 8. The number of hydrogen-bond acceptors (Lipinski definition) is 4. The smallest absolute Gasteiger partial charge is 0.340 e. The van der Waals surface area contributed by atoms with Crippen LogP contribution in [0.2, 0.25) is 0 Å². The molecule has 1 atom stereocenters. The third kappa shape index (κ3) is 4.94. The lowest BCUT2D eigenvalue weighted by Crippen LogP contribution is -2.41. The van der Waals surface area contributed by atoms with Crippen LogP contribution in [-0.4, -0.2) is 40.4 Å². The number of aryl methyl sites for hydroxylation is 1. The molecule has 9 heteroatoms. The Bertz CT molecular complexity index is 900. The van der Waals surface area contributed by atoms with Crippen LogP contribution >= 0.6 is 0 Å². The number of aromatic amines is 1. The first-order valence-electron chi connectivity index (χ1n) is 9.84. The van der Waals surface area contributed by atoms with Gasteiger partial charge in [0.25, 0.3) is 5.91 Å². The van der Waals surface area contributed by atoms with Crippen molar-refractivity contribution in [1.29, 1.82) is 0 Å². The number of nitrogens with zero attached hydrogens (tertiary/aromatic N) is 2. The number of halogens is 3. The number of nitrogens with one attached hydrogen (secondary N) is 2. The lowest BCUT2D eigenvalue weighted by Gasteiger charge is -2.27. The predicted molar refractivity (Wildman–Crippen MR) is 107 cm³/mol. The molecule has 4 N–H and O–H groups in total. The number of hydrogen-bond donors (Lipinski definition) is 3. The van der Waals surface area contributed by atoms with Crippen LogP contribution in [0.15, 0.2) is 18.2 Å². The van der Waals surface area contributed by atoms with Crippen molar-refractivity contribution >= 4 is 17.9 Å². The van der Waals surface area contributed by atoms with Gasteiger partial charge in [-0.3, -0.25) is 4.79 Å². The molecule has 1 aromatic heterocycles. The number of amides is 1. The van der Waals surface area contributed by atoms with Gasteiger partial charge in [0.15, 0.2) is 0 Å². The monoisotopic (exact) mass is 419 g/mol. The van der Waals surface area contributed by atoms with Gasteiger partial charge < -0.3 is 20.9 Å². The van der Waals surface area contributed by atoms with E-state index >= 15 is 0 Å². The van der Waals surface area contributed by atoms with Gasteiger partial charge in [-0.25, -0.2) is 4.98 Å². The Hall–Kier alpha value is -2.99. The van der Waals surface area contributed by atoms with Crippen LogP contribution in [0, 0.1) is 12.1 Å². The van der Waals surface area contributed by atoms with Crippen LogP contribution < -0.4 is 11.1 Å². The summed E-state index contributed by atoms with van der Waals surface area (Å²) in [5.74, 6) is -0.0731. The normalized spacial score (nSPS) is 14.0. The quantitative estimate of drug-likeness (QED) is 0.613. The fourth-order valence-electron chi connectivity index (χ4n) is 3.35. The number of aromatic nitrogens is 2. The number of allylic oxidation sites excluding steroid dienone is 1. The average molecular weight is 419 g/mol. The second-order valence-electron chi connectivity index (χ2n) is 7.04. The van der Waals surface area contributed by atoms with E-state index in [1.165, 1.54) is 4.90 Å². The average Bonchev–Trinajstić information content (AvgIpc) is 3.13. The number of H-pyrrole nitrogens is 1. The highest BCUT2D eigenvalue weighted by atomic mass is 19.4. The number of carbonyl (C=O) groups excluding carboxylic acids is 1. The third-order valence-electron chi connectivity index (χ3n) is 4.77. The Morgan fingerprint density at radius 1 is 1.43 bits per heavy atom. The van der Waals surface area contributed by atoms with E-state index in [0.29, 0.717) is 25.5 Å². The molecule has 1 heterocycles. The molecule has 6 nitrogen and oxygen atoms in total. The van der Waals surface area contributed by atoms with Crippen molar-refractivity contribution in [1.82, 2.24) is 14.9 Å². The van der Waals surface area contributed by atoms with Gasteiger partial charge in [-0.1, -0.05) is 25.1 Å². The summed E-state index contributed by atoms with van der Waals surface area (Å²) in [5.41, 5.74) is 6.45. The summed E-state index contributed by atoms with van der Waals surface area (Å²) in [6.45, 7) is 2.90. The first-order chi connectivity index (χ1) is 14.3. The lowest BCUT2D eigenvalue weighted by molar-refractivity contribution is -0.138. The van der Waals surface area contributed by atoms with Gasteiger partial charge in [-0.2, -0.15) is 13.2 Å². The predicted octanol–water partition coefficient (Wildman–Crippen LogP) is 3.34. The maximum Gasteiger partial charge on any atom is 0.417 e. The van der Waals surface area contributed by atoms with Gasteiger partial charge in [0, 0.05) is 31.3 Å². The second kappa shape index (κ2) is 9.22. The van der Waals surface area contributed by atoms with Crippen LogP contribution in [0.3, 0.4) is 0 Å². The van der Waals surface area contributed by atoms with E-state index in [0.717, 1.165) is 36.4 Å². The number of fused-ring (bicyclic) bond motifs is 1. The van der Waals surface area contributed by atoms with E-state index in [-0.39, 0.29) is 12.1 Å². The number of anilines is 1. The van der Waals surface area contributed by atoms with Crippen molar-refractivity contribution in [3.8, 4) is 0 Å². The Morgan fingerprint density at radius 3 is 2.90 bits per heavy atom. The van der Waals surface area contributed by atoms with Crippen molar-refractivity contribution in [3.05, 3.63) is 52.9 Å². The van der Waals surface area contributed by atoms with Crippen LogP contribution in [0.25, 0.3) is 6.08 Å². The van der Waals surface area contributed by atoms with Crippen molar-refractivity contribution in [2.75, 3.05) is 25.0 Å². The maximum absolute atomic E-state index is 13.3. The lowest BCUT2D eigenvalue weighted by atomic mass is 10.0. The topological polar surface area (TPSA) is 87.0 Å². The molecular weight excluding hydrogens is 395 g/mol. The summed E-state index contributed by atoms with van der Waals surface area (Å²) >= 11 is 0. The molecule has 1 aromatic carbocycles. The Balaban J connectivity index is 1.97. The number of nitrogens with two attached hydrogens (primary N) is 1. The molecule has 1 aliphatic rings. The molecule has 2 aromatic rings. The molecule has 0 bridgehead atoms. The van der Waals surface area contributed by atoms with Crippen LogP contribution in [-0.2, 0) is 17.4 Å². The van der Waals surface area contributed by atoms with Gasteiger partial charge in [0.1, 0.15) is 6.04 Å². The van der Waals surface area contributed by atoms with E-state index < -0.39 is 23.7 Å². The molecule has 0 saturated carbocycles. The Morgan fingerprint density at radius 2 is 2.23 bits per heavy atom. The van der Waals surface area contributed by atoms with Crippen molar-refractivity contribution < 1.29 is 18.0 Å². The minimum absolute atomic E-state index is 0.0397. The Labute approximate surface area is 173 Å². The highest BCUT2D eigenvalue weighted by Gasteiger charge is 2.33. The second-order valence-corrected chi connectivity index (χ2v) is 7.04. The molecule has 1 unspecified atom stereocenters. The van der Waals surface area contributed by atoms with E-state index in [9.17, 15) is 18.0 Å². The van der Waals surface area contributed by atoms with Gasteiger partial charge in [-0.05, 0) is 31.4 Å². The summed E-state index contributed by atoms with van der Waals surface area (Å²) in [6.07, 6.45) is 1.65. The molecule has 160 valence electrons. The molecule has 0 aliphatic heterocycles. The SMILES string of the molecule is CCCN(CCN)C(=O)C(Nc1nc2c([nH]1)C=CCC2)c1c#ccc(C(F)(F)F)c1.